The molecule has 3 heterocycles. The smallest absolute Gasteiger partial charge is 0.266 e. The molecule has 2 unspecified atom stereocenters. The Balaban J connectivity index is 0.00000104. The zero-order chi connectivity index (χ0) is 14.9. The second kappa shape index (κ2) is 8.30. The molecule has 130 valence electrons. The van der Waals surface area contributed by atoms with E-state index in [1.54, 1.807) is 6.20 Å². The number of amides is 1. The summed E-state index contributed by atoms with van der Waals surface area (Å²) >= 11 is 1.50. The molecule has 2 fully saturated rings. The highest BCUT2D eigenvalue weighted by molar-refractivity contribution is 7.16. The fourth-order valence-corrected chi connectivity index (χ4v) is 4.39. The number of halogens is 2. The summed E-state index contributed by atoms with van der Waals surface area (Å²) in [6.45, 7) is 1.94. The number of carbonyl (C=O) groups is 1. The lowest BCUT2D eigenvalue weighted by molar-refractivity contribution is 0.0685. The van der Waals surface area contributed by atoms with Crippen molar-refractivity contribution in [1.82, 2.24) is 15.2 Å². The first kappa shape index (κ1) is 19.2. The van der Waals surface area contributed by atoms with Gasteiger partial charge in [0.25, 0.3) is 5.91 Å². The monoisotopic (exact) mass is 385 g/mol. The molecule has 2 bridgehead atoms. The zero-order valence-corrected chi connectivity index (χ0v) is 15.6. The van der Waals surface area contributed by atoms with Gasteiger partial charge in [-0.25, -0.2) is 4.98 Å². The number of rotatable bonds is 2. The first-order valence-corrected chi connectivity index (χ1v) is 8.69. The lowest BCUT2D eigenvalue weighted by atomic mass is 10.1. The second-order valence-electron chi connectivity index (χ2n) is 5.99. The van der Waals surface area contributed by atoms with Gasteiger partial charge in [0, 0.05) is 24.2 Å². The Morgan fingerprint density at radius 3 is 2.67 bits per heavy atom. The van der Waals surface area contributed by atoms with E-state index in [0.717, 1.165) is 47.8 Å². The molecule has 2 aliphatic heterocycles. The fraction of sp³-hybridized carbons (Fsp3) is 0.412. The Morgan fingerprint density at radius 1 is 1.12 bits per heavy atom. The predicted octanol–water partition coefficient (Wildman–Crippen LogP) is 3.62. The molecule has 7 heteroatoms. The minimum atomic E-state index is 0. The van der Waals surface area contributed by atoms with E-state index in [0.29, 0.717) is 12.1 Å². The van der Waals surface area contributed by atoms with Crippen LogP contribution in [-0.2, 0) is 0 Å². The predicted molar refractivity (Wildman–Crippen MR) is 103 cm³/mol. The van der Waals surface area contributed by atoms with E-state index < -0.39 is 0 Å². The number of nitrogens with one attached hydrogen (secondary N) is 1. The van der Waals surface area contributed by atoms with Crippen molar-refractivity contribution in [2.45, 2.75) is 31.3 Å². The van der Waals surface area contributed by atoms with Crippen LogP contribution in [0.25, 0.3) is 10.6 Å². The topological polar surface area (TPSA) is 45.2 Å². The number of hydrogen-bond donors (Lipinski definition) is 1. The van der Waals surface area contributed by atoms with Gasteiger partial charge in [0.1, 0.15) is 9.88 Å². The third kappa shape index (κ3) is 3.59. The number of hydrogen-bond acceptors (Lipinski definition) is 4. The van der Waals surface area contributed by atoms with Crippen LogP contribution in [0.3, 0.4) is 0 Å². The van der Waals surface area contributed by atoms with Crippen molar-refractivity contribution in [3.63, 3.8) is 0 Å². The van der Waals surface area contributed by atoms with Crippen molar-refractivity contribution in [1.29, 1.82) is 0 Å². The van der Waals surface area contributed by atoms with Gasteiger partial charge in [-0.3, -0.25) is 4.79 Å². The Bertz CT molecular complexity index is 665. The summed E-state index contributed by atoms with van der Waals surface area (Å²) in [7, 11) is 0. The molecule has 4 rings (SSSR count). The van der Waals surface area contributed by atoms with Crippen LogP contribution in [0, 0.1) is 0 Å². The third-order valence-electron chi connectivity index (χ3n) is 4.63. The van der Waals surface area contributed by atoms with Gasteiger partial charge in [0.15, 0.2) is 0 Å². The standard InChI is InChI=1S/C17H19N3OS.2ClH/c21-17(20-13-6-7-14(20)10-18-9-8-13)15-11-19-16(22-15)12-4-2-1-3-5-12;;/h1-5,11,13-14,18H,6-10H2;2*1H. The number of fused-ring (bicyclic) bond motifs is 2. The van der Waals surface area contributed by atoms with Gasteiger partial charge >= 0.3 is 0 Å². The molecule has 0 spiro atoms. The highest BCUT2D eigenvalue weighted by Gasteiger charge is 2.38. The summed E-state index contributed by atoms with van der Waals surface area (Å²) in [4.78, 5) is 20.3. The lowest BCUT2D eigenvalue weighted by Gasteiger charge is -2.27. The summed E-state index contributed by atoms with van der Waals surface area (Å²) < 4.78 is 0. The number of aromatic nitrogens is 1. The Kier molecular flexibility index (Phi) is 6.63. The zero-order valence-electron chi connectivity index (χ0n) is 13.2. The summed E-state index contributed by atoms with van der Waals surface area (Å²) in [5.74, 6) is 0.163. The van der Waals surface area contributed by atoms with Gasteiger partial charge in [-0.1, -0.05) is 30.3 Å². The van der Waals surface area contributed by atoms with Crippen LogP contribution < -0.4 is 5.32 Å². The molecule has 2 aliphatic rings. The lowest BCUT2D eigenvalue weighted by Crippen LogP contribution is -2.42. The first-order valence-electron chi connectivity index (χ1n) is 7.87. The largest absolute Gasteiger partial charge is 0.331 e. The number of carbonyl (C=O) groups excluding carboxylic acids is 1. The van der Waals surface area contributed by atoms with Crippen molar-refractivity contribution in [3.8, 4) is 10.6 Å². The van der Waals surface area contributed by atoms with Crippen LogP contribution in [-0.4, -0.2) is 41.0 Å². The molecule has 2 saturated heterocycles. The molecule has 4 nitrogen and oxygen atoms in total. The summed E-state index contributed by atoms with van der Waals surface area (Å²) in [6.07, 6.45) is 5.07. The average Bonchev–Trinajstić information content (AvgIpc) is 3.12. The molecule has 0 aliphatic carbocycles. The third-order valence-corrected chi connectivity index (χ3v) is 5.66. The Hall–Kier alpha value is -1.14. The Labute approximate surface area is 158 Å². The fourth-order valence-electron chi connectivity index (χ4n) is 3.53. The van der Waals surface area contributed by atoms with E-state index in [4.69, 9.17) is 0 Å². The van der Waals surface area contributed by atoms with Crippen molar-refractivity contribution in [2.24, 2.45) is 0 Å². The second-order valence-corrected chi connectivity index (χ2v) is 7.02. The van der Waals surface area contributed by atoms with Crippen LogP contribution in [0.1, 0.15) is 28.9 Å². The van der Waals surface area contributed by atoms with Crippen LogP contribution in [0.2, 0.25) is 0 Å². The van der Waals surface area contributed by atoms with Gasteiger partial charge in [-0.2, -0.15) is 0 Å². The number of thiazole rings is 1. The van der Waals surface area contributed by atoms with Crippen LogP contribution >= 0.6 is 36.2 Å². The van der Waals surface area contributed by atoms with Crippen molar-refractivity contribution >= 4 is 42.1 Å². The van der Waals surface area contributed by atoms with Crippen molar-refractivity contribution < 1.29 is 4.79 Å². The maximum absolute atomic E-state index is 12.9. The SMILES string of the molecule is Cl.Cl.O=C(c1cnc(-c2ccccc2)s1)N1C2CCNCC1CC2. The maximum Gasteiger partial charge on any atom is 0.266 e. The summed E-state index contributed by atoms with van der Waals surface area (Å²) in [5.41, 5.74) is 1.08. The molecule has 0 radical (unpaired) electrons. The van der Waals surface area contributed by atoms with Gasteiger partial charge in [0.05, 0.1) is 6.20 Å². The highest BCUT2D eigenvalue weighted by atomic mass is 35.5. The molecule has 1 aromatic heterocycles. The van der Waals surface area contributed by atoms with Gasteiger partial charge in [-0.05, 0) is 25.8 Å². The molecule has 1 amide bonds. The maximum atomic E-state index is 12.9. The molecule has 0 saturated carbocycles. The molecule has 24 heavy (non-hydrogen) atoms. The van der Waals surface area contributed by atoms with Crippen molar-refractivity contribution in [3.05, 3.63) is 41.4 Å². The highest BCUT2D eigenvalue weighted by Crippen LogP contribution is 2.32. The van der Waals surface area contributed by atoms with Crippen molar-refractivity contribution in [2.75, 3.05) is 13.1 Å². The van der Waals surface area contributed by atoms with E-state index in [9.17, 15) is 4.79 Å². The van der Waals surface area contributed by atoms with Crippen LogP contribution in [0.15, 0.2) is 36.5 Å². The molecule has 2 aromatic rings. The Morgan fingerprint density at radius 2 is 1.88 bits per heavy atom. The van der Waals surface area contributed by atoms with E-state index >= 15 is 0 Å². The quantitative estimate of drug-likeness (QED) is 0.858. The van der Waals surface area contributed by atoms with Crippen LogP contribution in [0.5, 0.6) is 0 Å². The average molecular weight is 386 g/mol. The molecule has 2 atom stereocenters. The van der Waals surface area contributed by atoms with Gasteiger partial charge < -0.3 is 10.2 Å². The molecule has 1 N–H and O–H groups in total. The first-order chi connectivity index (χ1) is 10.8. The molecule has 1 aromatic carbocycles. The number of nitrogens with zero attached hydrogens (tertiary/aromatic N) is 2. The minimum Gasteiger partial charge on any atom is -0.331 e. The summed E-state index contributed by atoms with van der Waals surface area (Å²) in [5, 5.41) is 4.36. The van der Waals surface area contributed by atoms with E-state index in [1.807, 2.05) is 30.3 Å². The van der Waals surface area contributed by atoms with Gasteiger partial charge in [-0.15, -0.1) is 36.2 Å². The van der Waals surface area contributed by atoms with Crippen LogP contribution in [0.4, 0.5) is 0 Å². The van der Waals surface area contributed by atoms with E-state index in [1.165, 1.54) is 11.3 Å². The summed E-state index contributed by atoms with van der Waals surface area (Å²) in [6, 6.07) is 10.8. The normalized spacial score (nSPS) is 22.2. The van der Waals surface area contributed by atoms with E-state index in [2.05, 4.69) is 15.2 Å². The molecular formula is C17H21Cl2N3OS. The van der Waals surface area contributed by atoms with Gasteiger partial charge in [0.2, 0.25) is 0 Å². The number of benzene rings is 1. The minimum absolute atomic E-state index is 0. The molecular weight excluding hydrogens is 365 g/mol. The van der Waals surface area contributed by atoms with E-state index in [-0.39, 0.29) is 30.7 Å².